The van der Waals surface area contributed by atoms with Gasteiger partial charge in [-0.05, 0) is 18.1 Å². The van der Waals surface area contributed by atoms with Gasteiger partial charge < -0.3 is 0 Å². The van der Waals surface area contributed by atoms with E-state index in [0.29, 0.717) is 0 Å². The van der Waals surface area contributed by atoms with Gasteiger partial charge in [-0.3, -0.25) is 14.9 Å². The predicted molar refractivity (Wildman–Crippen MR) is 85.5 cm³/mol. The summed E-state index contributed by atoms with van der Waals surface area (Å²) in [4.78, 5) is 23.3. The smallest absolute Gasteiger partial charge is 0.218 e. The topological polar surface area (TPSA) is 60.2 Å². The minimum atomic E-state index is -0.850. The molecule has 0 aliphatic heterocycles. The van der Waals surface area contributed by atoms with Crippen molar-refractivity contribution < 1.29 is 9.72 Å². The lowest BCUT2D eigenvalue weighted by Gasteiger charge is -2.26. The molecule has 4 heteroatoms. The molecule has 0 unspecified atom stereocenters. The minimum absolute atomic E-state index is 0.0613. The van der Waals surface area contributed by atoms with Crippen molar-refractivity contribution in [2.24, 2.45) is 0 Å². The number of hydrogen-bond acceptors (Lipinski definition) is 3. The monoisotopic (exact) mass is 297 g/mol. The molecular weight excluding hydrogens is 278 g/mol. The summed E-state index contributed by atoms with van der Waals surface area (Å²) >= 11 is 0. The van der Waals surface area contributed by atoms with Gasteiger partial charge in [0, 0.05) is 11.8 Å². The summed E-state index contributed by atoms with van der Waals surface area (Å²) in [6.07, 6.45) is 0. The van der Waals surface area contributed by atoms with Gasteiger partial charge in [-0.2, -0.15) is 0 Å². The quantitative estimate of drug-likeness (QED) is 0.601. The van der Waals surface area contributed by atoms with Crippen molar-refractivity contribution in [1.29, 1.82) is 0 Å². The molecule has 0 N–H and O–H groups in total. The molecule has 0 aromatic heterocycles. The van der Waals surface area contributed by atoms with Crippen LogP contribution in [0.2, 0.25) is 0 Å². The summed E-state index contributed by atoms with van der Waals surface area (Å²) in [6, 6.07) is 17.7. The SMILES string of the molecule is CC(=O)[C@H](c1ccccc1)[C@@H](c1ccccc1)[C@H](C)[N+](=O)[O-]. The van der Waals surface area contributed by atoms with E-state index in [4.69, 9.17) is 0 Å². The van der Waals surface area contributed by atoms with Gasteiger partial charge >= 0.3 is 0 Å². The Morgan fingerprint density at radius 1 is 0.955 bits per heavy atom. The van der Waals surface area contributed by atoms with Gasteiger partial charge in [-0.15, -0.1) is 0 Å². The number of rotatable bonds is 6. The summed E-state index contributed by atoms with van der Waals surface area (Å²) in [5, 5.41) is 11.4. The maximum Gasteiger partial charge on any atom is 0.218 e. The summed E-state index contributed by atoms with van der Waals surface area (Å²) in [5.74, 6) is -1.08. The summed E-state index contributed by atoms with van der Waals surface area (Å²) in [6.45, 7) is 3.07. The molecule has 0 saturated carbocycles. The lowest BCUT2D eigenvalue weighted by atomic mass is 9.75. The second kappa shape index (κ2) is 6.98. The Hall–Kier alpha value is -2.49. The Bertz CT molecular complexity index is 640. The standard InChI is InChI=1S/C18H19NO3/c1-13(19(21)22)17(15-9-5-3-6-10-15)18(14(2)20)16-11-7-4-8-12-16/h3-13,17-18H,1-2H3/t13-,17+,18+/m0/s1. The van der Waals surface area contributed by atoms with E-state index >= 15 is 0 Å². The van der Waals surface area contributed by atoms with Gasteiger partial charge in [-0.1, -0.05) is 60.7 Å². The number of hydrogen-bond donors (Lipinski definition) is 0. The van der Waals surface area contributed by atoms with Crippen molar-refractivity contribution in [2.45, 2.75) is 31.7 Å². The van der Waals surface area contributed by atoms with Crippen molar-refractivity contribution in [3.8, 4) is 0 Å². The lowest BCUT2D eigenvalue weighted by Crippen LogP contribution is -2.32. The zero-order valence-corrected chi connectivity index (χ0v) is 12.7. The fraction of sp³-hybridized carbons (Fsp3) is 0.278. The van der Waals surface area contributed by atoms with Crippen molar-refractivity contribution >= 4 is 5.78 Å². The van der Waals surface area contributed by atoms with Crippen LogP contribution in [0.25, 0.3) is 0 Å². The Morgan fingerprint density at radius 3 is 1.82 bits per heavy atom. The molecule has 114 valence electrons. The zero-order valence-electron chi connectivity index (χ0n) is 12.7. The van der Waals surface area contributed by atoms with Crippen LogP contribution in [0.3, 0.4) is 0 Å². The second-order valence-electron chi connectivity index (χ2n) is 5.46. The highest BCUT2D eigenvalue weighted by atomic mass is 16.6. The number of Topliss-reactive ketones (excluding diaryl/α,β-unsaturated/α-hetero) is 1. The molecule has 0 amide bonds. The van der Waals surface area contributed by atoms with Crippen LogP contribution in [0.4, 0.5) is 0 Å². The van der Waals surface area contributed by atoms with E-state index in [2.05, 4.69) is 0 Å². The first kappa shape index (κ1) is 15.9. The van der Waals surface area contributed by atoms with E-state index in [1.165, 1.54) is 6.92 Å². The molecule has 2 aromatic carbocycles. The predicted octanol–water partition coefficient (Wildman–Crippen LogP) is 3.81. The molecule has 0 aliphatic carbocycles. The van der Waals surface area contributed by atoms with E-state index < -0.39 is 17.9 Å². The number of nitrogens with zero attached hydrogens (tertiary/aromatic N) is 1. The lowest BCUT2D eigenvalue weighted by molar-refractivity contribution is -0.522. The fourth-order valence-electron chi connectivity index (χ4n) is 2.91. The van der Waals surface area contributed by atoms with Crippen LogP contribution < -0.4 is 0 Å². The molecule has 3 atom stereocenters. The third kappa shape index (κ3) is 3.39. The number of carbonyl (C=O) groups excluding carboxylic acids is 1. The number of nitro groups is 1. The van der Waals surface area contributed by atoms with Crippen molar-refractivity contribution in [3.63, 3.8) is 0 Å². The first-order valence-corrected chi connectivity index (χ1v) is 7.26. The summed E-state index contributed by atoms with van der Waals surface area (Å²) in [5.41, 5.74) is 1.63. The van der Waals surface area contributed by atoms with Crippen LogP contribution >= 0.6 is 0 Å². The normalized spacial score (nSPS) is 14.8. The van der Waals surface area contributed by atoms with E-state index in [1.807, 2.05) is 60.7 Å². The fourth-order valence-corrected chi connectivity index (χ4v) is 2.91. The highest BCUT2D eigenvalue weighted by molar-refractivity contribution is 5.84. The number of carbonyl (C=O) groups is 1. The van der Waals surface area contributed by atoms with Gasteiger partial charge in [0.05, 0.1) is 11.8 Å². The Labute approximate surface area is 129 Å². The highest BCUT2D eigenvalue weighted by Crippen LogP contribution is 2.37. The molecule has 0 aliphatic rings. The van der Waals surface area contributed by atoms with Gasteiger partial charge in [0.2, 0.25) is 6.04 Å². The van der Waals surface area contributed by atoms with E-state index in [0.717, 1.165) is 11.1 Å². The highest BCUT2D eigenvalue weighted by Gasteiger charge is 2.38. The first-order valence-electron chi connectivity index (χ1n) is 7.26. The Kier molecular flexibility index (Phi) is 5.04. The Balaban J connectivity index is 2.55. The summed E-state index contributed by atoms with van der Waals surface area (Å²) < 4.78 is 0. The van der Waals surface area contributed by atoms with Crippen LogP contribution in [0.1, 0.15) is 36.8 Å². The minimum Gasteiger partial charge on any atom is -0.299 e. The van der Waals surface area contributed by atoms with Crippen LogP contribution in [-0.2, 0) is 4.79 Å². The maximum absolute atomic E-state index is 12.3. The largest absolute Gasteiger partial charge is 0.299 e. The van der Waals surface area contributed by atoms with Crippen molar-refractivity contribution in [1.82, 2.24) is 0 Å². The average molecular weight is 297 g/mol. The van der Waals surface area contributed by atoms with Gasteiger partial charge in [0.15, 0.2) is 0 Å². The molecular formula is C18H19NO3. The molecule has 0 fully saturated rings. The van der Waals surface area contributed by atoms with Crippen LogP contribution in [0, 0.1) is 10.1 Å². The third-order valence-corrected chi connectivity index (χ3v) is 3.99. The molecule has 2 rings (SSSR count). The summed E-state index contributed by atoms with van der Waals surface area (Å²) in [7, 11) is 0. The maximum atomic E-state index is 12.3. The number of benzene rings is 2. The molecule has 0 bridgehead atoms. The molecule has 4 nitrogen and oxygen atoms in total. The molecule has 2 aromatic rings. The molecule has 0 saturated heterocycles. The first-order chi connectivity index (χ1) is 10.5. The zero-order chi connectivity index (χ0) is 16.1. The average Bonchev–Trinajstić information content (AvgIpc) is 2.53. The van der Waals surface area contributed by atoms with Crippen molar-refractivity contribution in [2.75, 3.05) is 0 Å². The Morgan fingerprint density at radius 2 is 1.41 bits per heavy atom. The second-order valence-corrected chi connectivity index (χ2v) is 5.46. The van der Waals surface area contributed by atoms with Crippen LogP contribution in [0.5, 0.6) is 0 Å². The molecule has 0 radical (unpaired) electrons. The van der Waals surface area contributed by atoms with Crippen molar-refractivity contribution in [3.05, 3.63) is 81.9 Å². The van der Waals surface area contributed by atoms with Gasteiger partial charge in [0.1, 0.15) is 5.78 Å². The third-order valence-electron chi connectivity index (χ3n) is 3.99. The number of ketones is 1. The molecule has 0 spiro atoms. The van der Waals surface area contributed by atoms with E-state index in [-0.39, 0.29) is 10.7 Å². The molecule has 22 heavy (non-hydrogen) atoms. The van der Waals surface area contributed by atoms with Crippen LogP contribution in [-0.4, -0.2) is 16.7 Å². The van der Waals surface area contributed by atoms with Gasteiger partial charge in [0.25, 0.3) is 0 Å². The van der Waals surface area contributed by atoms with E-state index in [9.17, 15) is 14.9 Å². The van der Waals surface area contributed by atoms with Crippen LogP contribution in [0.15, 0.2) is 60.7 Å². The molecule has 0 heterocycles. The van der Waals surface area contributed by atoms with E-state index in [1.54, 1.807) is 6.92 Å². The van der Waals surface area contributed by atoms with Gasteiger partial charge in [-0.25, -0.2) is 0 Å².